The second-order valence-corrected chi connectivity index (χ2v) is 10.0. The van der Waals surface area contributed by atoms with Gasteiger partial charge in [0.1, 0.15) is 12.4 Å². The van der Waals surface area contributed by atoms with Gasteiger partial charge in [0, 0.05) is 18.7 Å². The lowest BCUT2D eigenvalue weighted by Gasteiger charge is -2.25. The van der Waals surface area contributed by atoms with Gasteiger partial charge in [0.15, 0.2) is 0 Å². The average Bonchev–Trinajstić information content (AvgIpc) is 3.07. The molecule has 172 valence electrons. The molecule has 0 bridgehead atoms. The van der Waals surface area contributed by atoms with E-state index >= 15 is 0 Å². The average molecular weight is 531 g/mol. The Balaban J connectivity index is 1.39. The van der Waals surface area contributed by atoms with Gasteiger partial charge in [0.05, 0.1) is 14.3 Å². The Hall–Kier alpha value is -2.65. The number of hydrogen-bond donors (Lipinski definition) is 0. The van der Waals surface area contributed by atoms with Crippen LogP contribution in [0.3, 0.4) is 0 Å². The van der Waals surface area contributed by atoms with E-state index in [0.29, 0.717) is 27.6 Å². The largest absolute Gasteiger partial charge is 0.488 e. The standard InChI is InChI=1S/C24H23BrN2O5S/c25-20-12-18(8-11-21(20)32-15-17-6-9-19(10-7-17)27(30)31)13-22-23(28)26(24(29)33-22)14-16-4-2-1-3-5-16/h6-13,16H,1-5,14-15H2/b22-13+. The Morgan fingerprint density at radius 3 is 2.52 bits per heavy atom. The zero-order valence-corrected chi connectivity index (χ0v) is 20.3. The Bertz CT molecular complexity index is 1100. The molecule has 1 saturated carbocycles. The van der Waals surface area contributed by atoms with Gasteiger partial charge in [0.2, 0.25) is 0 Å². The molecular weight excluding hydrogens is 508 g/mol. The molecule has 0 N–H and O–H groups in total. The number of ether oxygens (including phenoxy) is 1. The Morgan fingerprint density at radius 2 is 1.85 bits per heavy atom. The van der Waals surface area contributed by atoms with Gasteiger partial charge in [-0.3, -0.25) is 24.6 Å². The van der Waals surface area contributed by atoms with E-state index in [9.17, 15) is 19.7 Å². The van der Waals surface area contributed by atoms with Gasteiger partial charge in [0.25, 0.3) is 16.8 Å². The first-order valence-electron chi connectivity index (χ1n) is 10.8. The number of nitro benzene ring substituents is 1. The molecule has 2 amide bonds. The minimum absolute atomic E-state index is 0.0347. The van der Waals surface area contributed by atoms with Crippen LogP contribution in [0.2, 0.25) is 0 Å². The van der Waals surface area contributed by atoms with Crippen LogP contribution in [0.1, 0.15) is 43.2 Å². The van der Waals surface area contributed by atoms with E-state index in [-0.39, 0.29) is 23.4 Å². The quantitative estimate of drug-likeness (QED) is 0.229. The number of carbonyl (C=O) groups is 2. The summed E-state index contributed by atoms with van der Waals surface area (Å²) in [6, 6.07) is 11.6. The van der Waals surface area contributed by atoms with E-state index in [0.717, 1.165) is 35.7 Å². The maximum atomic E-state index is 12.8. The first kappa shape index (κ1) is 23.5. The maximum absolute atomic E-state index is 12.8. The highest BCUT2D eigenvalue weighted by molar-refractivity contribution is 9.10. The summed E-state index contributed by atoms with van der Waals surface area (Å²) in [6.07, 6.45) is 7.47. The van der Waals surface area contributed by atoms with Crippen LogP contribution in [-0.2, 0) is 11.4 Å². The Labute approximate surface area is 204 Å². The predicted molar refractivity (Wildman–Crippen MR) is 131 cm³/mol. The number of thioether (sulfide) groups is 1. The van der Waals surface area contributed by atoms with Crippen molar-refractivity contribution in [3.8, 4) is 5.75 Å². The highest BCUT2D eigenvalue weighted by Crippen LogP contribution is 2.36. The first-order valence-corrected chi connectivity index (χ1v) is 12.4. The van der Waals surface area contributed by atoms with Crippen molar-refractivity contribution in [3.63, 3.8) is 0 Å². The number of non-ortho nitro benzene ring substituents is 1. The minimum Gasteiger partial charge on any atom is -0.488 e. The van der Waals surface area contributed by atoms with Gasteiger partial charge in [-0.2, -0.15) is 0 Å². The number of hydrogen-bond acceptors (Lipinski definition) is 6. The fourth-order valence-electron chi connectivity index (χ4n) is 4.04. The summed E-state index contributed by atoms with van der Waals surface area (Å²) in [5, 5.41) is 10.6. The van der Waals surface area contributed by atoms with E-state index < -0.39 is 4.92 Å². The summed E-state index contributed by atoms with van der Waals surface area (Å²) >= 11 is 4.48. The van der Waals surface area contributed by atoms with Crippen LogP contribution in [0.5, 0.6) is 5.75 Å². The molecule has 0 atom stereocenters. The summed E-state index contributed by atoms with van der Waals surface area (Å²) in [5.41, 5.74) is 1.63. The molecule has 0 unspecified atom stereocenters. The van der Waals surface area contributed by atoms with E-state index in [4.69, 9.17) is 4.74 Å². The summed E-state index contributed by atoms with van der Waals surface area (Å²) in [6.45, 7) is 0.775. The number of imide groups is 1. The van der Waals surface area contributed by atoms with Crippen molar-refractivity contribution in [1.29, 1.82) is 0 Å². The molecule has 2 aromatic rings. The molecule has 4 rings (SSSR count). The second-order valence-electron chi connectivity index (χ2n) is 8.20. The van der Waals surface area contributed by atoms with Crippen molar-refractivity contribution >= 4 is 50.6 Å². The molecule has 9 heteroatoms. The van der Waals surface area contributed by atoms with Gasteiger partial charge in [-0.1, -0.05) is 25.3 Å². The van der Waals surface area contributed by atoms with Gasteiger partial charge in [-0.15, -0.1) is 0 Å². The first-order chi connectivity index (χ1) is 15.9. The lowest BCUT2D eigenvalue weighted by Crippen LogP contribution is -2.34. The van der Waals surface area contributed by atoms with Gasteiger partial charge in [-0.25, -0.2) is 0 Å². The summed E-state index contributed by atoms with van der Waals surface area (Å²) in [7, 11) is 0. The summed E-state index contributed by atoms with van der Waals surface area (Å²) < 4.78 is 6.52. The fraction of sp³-hybridized carbons (Fsp3) is 0.333. The molecule has 1 saturated heterocycles. The smallest absolute Gasteiger partial charge is 0.293 e. The van der Waals surface area contributed by atoms with Crippen molar-refractivity contribution in [2.45, 2.75) is 38.7 Å². The molecule has 0 aromatic heterocycles. The number of nitrogens with zero attached hydrogens (tertiary/aromatic N) is 2. The molecule has 0 spiro atoms. The Morgan fingerprint density at radius 1 is 1.12 bits per heavy atom. The predicted octanol–water partition coefficient (Wildman–Crippen LogP) is 6.55. The van der Waals surface area contributed by atoms with Crippen LogP contribution in [0.15, 0.2) is 51.8 Å². The van der Waals surface area contributed by atoms with Crippen LogP contribution in [0.4, 0.5) is 10.5 Å². The van der Waals surface area contributed by atoms with E-state index in [2.05, 4.69) is 15.9 Å². The SMILES string of the molecule is O=C1S/C(=C/c2ccc(OCc3ccc([N+](=O)[O-])cc3)c(Br)c2)C(=O)N1CC1CCCCC1. The number of amides is 2. The van der Waals surface area contributed by atoms with Crippen LogP contribution in [0.25, 0.3) is 6.08 Å². The van der Waals surface area contributed by atoms with Crippen LogP contribution in [-0.4, -0.2) is 27.5 Å². The van der Waals surface area contributed by atoms with E-state index in [1.165, 1.54) is 36.3 Å². The second kappa shape index (κ2) is 10.5. The van der Waals surface area contributed by atoms with Crippen molar-refractivity contribution in [2.75, 3.05) is 6.54 Å². The number of benzene rings is 2. The molecule has 0 radical (unpaired) electrons. The number of nitro groups is 1. The highest BCUT2D eigenvalue weighted by Gasteiger charge is 2.36. The summed E-state index contributed by atoms with van der Waals surface area (Å²) in [5.74, 6) is 0.800. The monoisotopic (exact) mass is 530 g/mol. The van der Waals surface area contributed by atoms with Crippen LogP contribution in [0, 0.1) is 16.0 Å². The number of rotatable bonds is 7. The maximum Gasteiger partial charge on any atom is 0.293 e. The van der Waals surface area contributed by atoms with Gasteiger partial charge >= 0.3 is 0 Å². The topological polar surface area (TPSA) is 89.7 Å². The number of halogens is 1. The van der Waals surface area contributed by atoms with Crippen molar-refractivity contribution < 1.29 is 19.2 Å². The van der Waals surface area contributed by atoms with Crippen molar-refractivity contribution in [2.24, 2.45) is 5.92 Å². The molecule has 1 heterocycles. The zero-order valence-electron chi connectivity index (χ0n) is 17.9. The molecule has 33 heavy (non-hydrogen) atoms. The fourth-order valence-corrected chi connectivity index (χ4v) is 5.39. The molecule has 1 aliphatic carbocycles. The van der Waals surface area contributed by atoms with Crippen LogP contribution >= 0.6 is 27.7 Å². The normalized spacial score (nSPS) is 18.2. The highest BCUT2D eigenvalue weighted by atomic mass is 79.9. The zero-order chi connectivity index (χ0) is 23.4. The molecule has 2 fully saturated rings. The van der Waals surface area contributed by atoms with E-state index in [1.807, 2.05) is 12.1 Å². The number of carbonyl (C=O) groups excluding carboxylic acids is 2. The van der Waals surface area contributed by atoms with E-state index in [1.54, 1.807) is 24.3 Å². The lowest BCUT2D eigenvalue weighted by atomic mass is 9.89. The molecule has 2 aliphatic rings. The third-order valence-corrected chi connectivity index (χ3v) is 7.36. The van der Waals surface area contributed by atoms with Gasteiger partial charge in [-0.05, 0) is 87.9 Å². The molecular formula is C24H23BrN2O5S. The van der Waals surface area contributed by atoms with Crippen LogP contribution < -0.4 is 4.74 Å². The molecule has 1 aliphatic heterocycles. The third kappa shape index (κ3) is 5.83. The minimum atomic E-state index is -0.440. The summed E-state index contributed by atoms with van der Waals surface area (Å²) in [4.78, 5) is 37.4. The molecule has 7 nitrogen and oxygen atoms in total. The van der Waals surface area contributed by atoms with Crippen molar-refractivity contribution in [1.82, 2.24) is 4.90 Å². The molecule has 2 aromatic carbocycles. The lowest BCUT2D eigenvalue weighted by molar-refractivity contribution is -0.384. The third-order valence-electron chi connectivity index (χ3n) is 5.83. The van der Waals surface area contributed by atoms with Gasteiger partial charge < -0.3 is 4.74 Å². The Kier molecular flexibility index (Phi) is 7.49. The van der Waals surface area contributed by atoms with Crippen molar-refractivity contribution in [3.05, 3.63) is 73.1 Å².